The molecule has 0 atom stereocenters. The molecule has 24 heavy (non-hydrogen) atoms. The number of hydrazine groups is 1. The van der Waals surface area contributed by atoms with Crippen LogP contribution in [-0.2, 0) is 0 Å². The summed E-state index contributed by atoms with van der Waals surface area (Å²) < 4.78 is 0. The number of aromatic nitrogens is 2. The first-order valence-corrected chi connectivity index (χ1v) is 7.66. The molecule has 0 aliphatic heterocycles. The molecule has 1 heterocycles. The summed E-state index contributed by atoms with van der Waals surface area (Å²) in [6.45, 7) is 4.13. The number of benzene rings is 2. The molecule has 122 valence electrons. The maximum atomic E-state index is 6.19. The zero-order valence-electron chi connectivity index (χ0n) is 13.7. The number of nitrogens with one attached hydrogen (secondary N) is 3. The molecule has 2 aromatic carbocycles. The first-order valence-electron chi connectivity index (χ1n) is 7.66. The smallest absolute Gasteiger partial charge is 0.173 e. The van der Waals surface area contributed by atoms with Gasteiger partial charge in [-0.05, 0) is 43.2 Å². The van der Waals surface area contributed by atoms with Crippen molar-refractivity contribution in [3.63, 3.8) is 0 Å². The first kappa shape index (κ1) is 15.6. The van der Waals surface area contributed by atoms with E-state index in [0.29, 0.717) is 17.3 Å². The minimum Gasteiger partial charge on any atom is -0.393 e. The highest BCUT2D eigenvalue weighted by Gasteiger charge is 2.09. The van der Waals surface area contributed by atoms with Gasteiger partial charge in [0.05, 0.1) is 5.69 Å². The second-order valence-corrected chi connectivity index (χ2v) is 5.47. The van der Waals surface area contributed by atoms with Crippen LogP contribution < -0.4 is 21.9 Å². The van der Waals surface area contributed by atoms with Gasteiger partial charge in [0.25, 0.3) is 0 Å². The molecule has 0 bridgehead atoms. The standard InChI is InChI=1S/C18H20N6/c1-12-7-6-10-15(13(12)2)22-17-16(19)18(21-11-20-17)24-23-14-8-4-3-5-9-14/h3-11,23H,19H2,1-2H3,(H2,20,21,22,24). The Hall–Kier alpha value is -3.28. The van der Waals surface area contributed by atoms with E-state index in [0.717, 1.165) is 16.9 Å². The predicted octanol–water partition coefficient (Wildman–Crippen LogP) is 3.86. The average molecular weight is 320 g/mol. The van der Waals surface area contributed by atoms with Crippen molar-refractivity contribution in [3.8, 4) is 0 Å². The third kappa shape index (κ3) is 3.38. The molecule has 0 amide bonds. The van der Waals surface area contributed by atoms with Crippen LogP contribution in [0.4, 0.5) is 28.7 Å². The Morgan fingerprint density at radius 1 is 0.833 bits per heavy atom. The predicted molar refractivity (Wildman–Crippen MR) is 99.3 cm³/mol. The van der Waals surface area contributed by atoms with Gasteiger partial charge in [0.1, 0.15) is 12.0 Å². The number of nitrogen functional groups attached to an aromatic ring is 1. The van der Waals surface area contributed by atoms with Crippen LogP contribution in [0.5, 0.6) is 0 Å². The fraction of sp³-hybridized carbons (Fsp3) is 0.111. The van der Waals surface area contributed by atoms with Crippen molar-refractivity contribution in [1.82, 2.24) is 9.97 Å². The number of nitrogens with zero attached hydrogens (tertiary/aromatic N) is 2. The van der Waals surface area contributed by atoms with Crippen LogP contribution in [0.2, 0.25) is 0 Å². The van der Waals surface area contributed by atoms with Crippen molar-refractivity contribution in [2.24, 2.45) is 0 Å². The van der Waals surface area contributed by atoms with E-state index in [2.05, 4.69) is 46.1 Å². The number of hydrogen-bond acceptors (Lipinski definition) is 6. The minimum atomic E-state index is 0.446. The van der Waals surface area contributed by atoms with Crippen LogP contribution in [0.25, 0.3) is 0 Å². The summed E-state index contributed by atoms with van der Waals surface area (Å²) in [5, 5.41) is 3.28. The lowest BCUT2D eigenvalue weighted by molar-refractivity contribution is 1.15. The van der Waals surface area contributed by atoms with Gasteiger partial charge < -0.3 is 11.1 Å². The second-order valence-electron chi connectivity index (χ2n) is 5.47. The van der Waals surface area contributed by atoms with E-state index < -0.39 is 0 Å². The van der Waals surface area contributed by atoms with E-state index in [1.165, 1.54) is 11.9 Å². The number of anilines is 5. The van der Waals surface area contributed by atoms with E-state index in [4.69, 9.17) is 5.73 Å². The van der Waals surface area contributed by atoms with E-state index in [9.17, 15) is 0 Å². The minimum absolute atomic E-state index is 0.446. The molecular formula is C18H20N6. The molecular weight excluding hydrogens is 300 g/mol. The molecule has 0 spiro atoms. The van der Waals surface area contributed by atoms with Crippen LogP contribution in [0.15, 0.2) is 54.9 Å². The van der Waals surface area contributed by atoms with E-state index in [-0.39, 0.29) is 0 Å². The Labute approximate surface area is 141 Å². The van der Waals surface area contributed by atoms with Crippen molar-refractivity contribution in [2.75, 3.05) is 21.9 Å². The van der Waals surface area contributed by atoms with Gasteiger partial charge in [-0.3, -0.25) is 10.9 Å². The Kier molecular flexibility index (Phi) is 4.47. The highest BCUT2D eigenvalue weighted by molar-refractivity contribution is 5.79. The quantitative estimate of drug-likeness (QED) is 0.534. The monoisotopic (exact) mass is 320 g/mol. The summed E-state index contributed by atoms with van der Waals surface area (Å²) in [6, 6.07) is 15.8. The largest absolute Gasteiger partial charge is 0.393 e. The average Bonchev–Trinajstić information content (AvgIpc) is 2.60. The van der Waals surface area contributed by atoms with Crippen molar-refractivity contribution in [3.05, 3.63) is 66.0 Å². The molecule has 3 rings (SSSR count). The molecule has 0 aliphatic carbocycles. The molecule has 6 heteroatoms. The molecule has 0 saturated heterocycles. The van der Waals surface area contributed by atoms with E-state index >= 15 is 0 Å². The zero-order chi connectivity index (χ0) is 16.9. The number of nitrogens with two attached hydrogens (primary N) is 1. The van der Waals surface area contributed by atoms with Gasteiger partial charge in [0.15, 0.2) is 11.6 Å². The number of hydrogen-bond donors (Lipinski definition) is 4. The summed E-state index contributed by atoms with van der Waals surface area (Å²) in [5.74, 6) is 1.08. The Morgan fingerprint density at radius 3 is 2.38 bits per heavy atom. The molecule has 0 fully saturated rings. The highest BCUT2D eigenvalue weighted by atomic mass is 15.4. The van der Waals surface area contributed by atoms with Gasteiger partial charge in [-0.15, -0.1) is 0 Å². The van der Waals surface area contributed by atoms with Gasteiger partial charge in [0.2, 0.25) is 0 Å². The van der Waals surface area contributed by atoms with Gasteiger partial charge >= 0.3 is 0 Å². The molecule has 1 aromatic heterocycles. The van der Waals surface area contributed by atoms with E-state index in [1.807, 2.05) is 42.5 Å². The summed E-state index contributed by atoms with van der Waals surface area (Å²) in [7, 11) is 0. The van der Waals surface area contributed by atoms with Gasteiger partial charge in [-0.25, -0.2) is 9.97 Å². The maximum absolute atomic E-state index is 6.19. The van der Waals surface area contributed by atoms with Gasteiger partial charge in [0, 0.05) is 5.69 Å². The third-order valence-corrected chi connectivity index (χ3v) is 3.84. The fourth-order valence-corrected chi connectivity index (χ4v) is 2.26. The number of aryl methyl sites for hydroxylation is 1. The summed E-state index contributed by atoms with van der Waals surface area (Å²) in [5.41, 5.74) is 17.0. The van der Waals surface area contributed by atoms with Crippen molar-refractivity contribution >= 4 is 28.7 Å². The van der Waals surface area contributed by atoms with Crippen LogP contribution in [0.3, 0.4) is 0 Å². The fourth-order valence-electron chi connectivity index (χ4n) is 2.26. The van der Waals surface area contributed by atoms with Crippen LogP contribution >= 0.6 is 0 Å². The molecule has 0 aliphatic rings. The van der Waals surface area contributed by atoms with Gasteiger partial charge in [-0.1, -0.05) is 30.3 Å². The van der Waals surface area contributed by atoms with Crippen LogP contribution in [0.1, 0.15) is 11.1 Å². The molecule has 6 nitrogen and oxygen atoms in total. The topological polar surface area (TPSA) is 87.9 Å². The summed E-state index contributed by atoms with van der Waals surface area (Å²) in [6.07, 6.45) is 1.47. The molecule has 0 saturated carbocycles. The lowest BCUT2D eigenvalue weighted by Gasteiger charge is -2.15. The SMILES string of the molecule is Cc1cccc(Nc2ncnc(NNc3ccccc3)c2N)c1C. The third-order valence-electron chi connectivity index (χ3n) is 3.84. The highest BCUT2D eigenvalue weighted by Crippen LogP contribution is 2.28. The lowest BCUT2D eigenvalue weighted by atomic mass is 10.1. The Bertz CT molecular complexity index is 832. The second kappa shape index (κ2) is 6.87. The molecule has 0 radical (unpaired) electrons. The lowest BCUT2D eigenvalue weighted by Crippen LogP contribution is -2.13. The van der Waals surface area contributed by atoms with Crippen LogP contribution in [-0.4, -0.2) is 9.97 Å². The summed E-state index contributed by atoms with van der Waals surface area (Å²) >= 11 is 0. The van der Waals surface area contributed by atoms with Crippen molar-refractivity contribution < 1.29 is 0 Å². The molecule has 0 unspecified atom stereocenters. The van der Waals surface area contributed by atoms with Crippen LogP contribution in [0, 0.1) is 13.8 Å². The van der Waals surface area contributed by atoms with Crippen molar-refractivity contribution in [2.45, 2.75) is 13.8 Å². The zero-order valence-corrected chi connectivity index (χ0v) is 13.7. The molecule has 5 N–H and O–H groups in total. The number of para-hydroxylation sites is 1. The number of rotatable bonds is 5. The van der Waals surface area contributed by atoms with Gasteiger partial charge in [-0.2, -0.15) is 0 Å². The maximum Gasteiger partial charge on any atom is 0.173 e. The first-order chi connectivity index (χ1) is 11.6. The Balaban J connectivity index is 1.79. The van der Waals surface area contributed by atoms with E-state index in [1.54, 1.807) is 0 Å². The normalized spacial score (nSPS) is 10.2. The molecule has 3 aromatic rings. The summed E-state index contributed by atoms with van der Waals surface area (Å²) in [4.78, 5) is 8.43. The van der Waals surface area contributed by atoms with Crippen molar-refractivity contribution in [1.29, 1.82) is 0 Å². The Morgan fingerprint density at radius 2 is 1.58 bits per heavy atom.